The number of piperidine rings is 2. The fourth-order valence-corrected chi connectivity index (χ4v) is 7.14. The Hall–Kier alpha value is -1.59. The van der Waals surface area contributed by atoms with Crippen LogP contribution < -0.4 is 0 Å². The summed E-state index contributed by atoms with van der Waals surface area (Å²) in [5.74, 6) is 0. The van der Waals surface area contributed by atoms with Crippen LogP contribution in [-0.4, -0.2) is 97.9 Å². The maximum atomic E-state index is 9.47. The van der Waals surface area contributed by atoms with Crippen LogP contribution in [0.5, 0.6) is 0 Å². The molecule has 0 saturated carbocycles. The molecule has 0 amide bonds. The van der Waals surface area contributed by atoms with Crippen molar-refractivity contribution in [1.82, 2.24) is 9.80 Å². The predicted molar refractivity (Wildman–Crippen MR) is 183 cm³/mol. The molecule has 2 aliphatic rings. The van der Waals surface area contributed by atoms with Gasteiger partial charge in [0.2, 0.25) is 0 Å². The molecule has 6 nitrogen and oxygen atoms in total. The first-order chi connectivity index (χ1) is 20.6. The first kappa shape index (κ1) is 34.3. The minimum atomic E-state index is -0.0887. The molecule has 6 rings (SSSR count). The minimum absolute atomic E-state index is 0. The molecule has 2 N–H and O–H groups in total. The zero-order valence-corrected chi connectivity index (χ0v) is 27.5. The quantitative estimate of drug-likeness (QED) is 0.177. The Morgan fingerprint density at radius 2 is 1.02 bits per heavy atom. The highest BCUT2D eigenvalue weighted by atomic mass is 35.5. The van der Waals surface area contributed by atoms with Crippen LogP contribution in [0.25, 0.3) is 20.2 Å². The van der Waals surface area contributed by atoms with Crippen molar-refractivity contribution < 1.29 is 19.7 Å². The lowest BCUT2D eigenvalue weighted by Gasteiger charge is -2.29. The van der Waals surface area contributed by atoms with Gasteiger partial charge in [-0.2, -0.15) is 0 Å². The molecular weight excluding hydrogens is 600 g/mol. The number of hydrogen-bond donors (Lipinski definition) is 2. The maximum Gasteiger partial charge on any atom is 0.0593 e. The topological polar surface area (TPSA) is 65.4 Å². The molecule has 0 bridgehead atoms. The van der Waals surface area contributed by atoms with E-state index in [1.165, 1.54) is 31.3 Å². The van der Waals surface area contributed by atoms with Gasteiger partial charge < -0.3 is 29.5 Å². The normalized spacial score (nSPS) is 17.2. The summed E-state index contributed by atoms with van der Waals surface area (Å²) in [5.41, 5.74) is 2.70. The average molecular weight is 647 g/mol. The molecule has 0 aliphatic carbocycles. The second kappa shape index (κ2) is 18.4. The summed E-state index contributed by atoms with van der Waals surface area (Å²) in [7, 11) is 0. The summed E-state index contributed by atoms with van der Waals surface area (Å²) in [6.07, 6.45) is 5.39. The van der Waals surface area contributed by atoms with E-state index in [1.54, 1.807) is 22.7 Å². The minimum Gasteiger partial charge on any atom is -0.393 e. The molecule has 2 aromatic heterocycles. The lowest BCUT2D eigenvalue weighted by Crippen LogP contribution is -2.37. The zero-order valence-electron chi connectivity index (χ0n) is 25.1. The summed E-state index contributed by atoms with van der Waals surface area (Å²) >= 11 is 3.58. The number of ether oxygens (including phenoxy) is 2. The van der Waals surface area contributed by atoms with Crippen molar-refractivity contribution in [2.75, 3.05) is 65.7 Å². The molecule has 0 radical (unpaired) electrons. The van der Waals surface area contributed by atoms with Crippen molar-refractivity contribution in [2.24, 2.45) is 0 Å². The van der Waals surface area contributed by atoms with Gasteiger partial charge in [-0.1, -0.05) is 24.3 Å². The van der Waals surface area contributed by atoms with E-state index in [0.29, 0.717) is 0 Å². The van der Waals surface area contributed by atoms with Crippen molar-refractivity contribution in [3.05, 3.63) is 70.4 Å². The molecule has 2 aliphatic heterocycles. The van der Waals surface area contributed by atoms with Crippen LogP contribution >= 0.6 is 35.1 Å². The summed E-state index contributed by atoms with van der Waals surface area (Å²) in [6.45, 7) is 9.11. The van der Waals surface area contributed by atoms with Crippen molar-refractivity contribution in [1.29, 1.82) is 0 Å². The highest BCUT2D eigenvalue weighted by Gasteiger charge is 2.17. The third-order valence-electron chi connectivity index (χ3n) is 8.32. The van der Waals surface area contributed by atoms with Gasteiger partial charge in [0.25, 0.3) is 0 Å². The van der Waals surface area contributed by atoms with Gasteiger partial charge >= 0.3 is 0 Å². The van der Waals surface area contributed by atoms with Gasteiger partial charge in [-0.05, 0) is 95.4 Å². The average Bonchev–Trinajstić information content (AvgIpc) is 3.68. The number of rotatable bonds is 12. The Morgan fingerprint density at radius 3 is 1.44 bits per heavy atom. The lowest BCUT2D eigenvalue weighted by molar-refractivity contribution is 0.0564. The maximum absolute atomic E-state index is 9.47. The van der Waals surface area contributed by atoms with E-state index in [9.17, 15) is 10.2 Å². The second-order valence-corrected chi connectivity index (χ2v) is 13.4. The first-order valence-electron chi connectivity index (χ1n) is 15.5. The molecule has 4 aromatic rings. The molecule has 43 heavy (non-hydrogen) atoms. The monoisotopic (exact) mass is 646 g/mol. The fourth-order valence-electron chi connectivity index (χ4n) is 5.60. The third kappa shape index (κ3) is 11.4. The third-order valence-corrected chi connectivity index (χ3v) is 10.1. The first-order valence-corrected chi connectivity index (χ1v) is 17.3. The number of halogens is 1. The number of benzene rings is 2. The van der Waals surface area contributed by atoms with E-state index in [0.717, 1.165) is 104 Å². The van der Waals surface area contributed by atoms with E-state index in [-0.39, 0.29) is 24.6 Å². The Labute approximate surface area is 270 Å². The molecule has 0 atom stereocenters. The second-order valence-electron chi connectivity index (χ2n) is 11.5. The van der Waals surface area contributed by atoms with Crippen LogP contribution in [0.2, 0.25) is 0 Å². The number of hydrogen-bond acceptors (Lipinski definition) is 8. The van der Waals surface area contributed by atoms with Gasteiger partial charge in [0.15, 0.2) is 0 Å². The summed E-state index contributed by atoms with van der Waals surface area (Å²) < 4.78 is 14.2. The molecular formula is C34H47ClN2O4S2. The Balaban J connectivity index is 0.000000192. The van der Waals surface area contributed by atoms with Crippen LogP contribution in [-0.2, 0) is 22.3 Å². The molecule has 236 valence electrons. The van der Waals surface area contributed by atoms with E-state index in [4.69, 9.17) is 9.47 Å². The van der Waals surface area contributed by atoms with Crippen LogP contribution in [0.4, 0.5) is 0 Å². The fraction of sp³-hybridized carbons (Fsp3) is 0.529. The van der Waals surface area contributed by atoms with E-state index in [1.807, 2.05) is 0 Å². The number of thiophene rings is 2. The molecule has 0 unspecified atom stereocenters. The molecule has 2 aromatic carbocycles. The van der Waals surface area contributed by atoms with E-state index < -0.39 is 0 Å². The Morgan fingerprint density at radius 1 is 0.605 bits per heavy atom. The molecule has 4 heterocycles. The van der Waals surface area contributed by atoms with Crippen molar-refractivity contribution in [2.45, 2.75) is 50.7 Å². The van der Waals surface area contributed by atoms with Gasteiger partial charge in [0.05, 0.1) is 38.6 Å². The number of fused-ring (bicyclic) bond motifs is 2. The standard InChI is InChI=1S/2C17H23NO2S.ClH/c2*19-16-3-7-18(8-4-16)9-11-20-10-5-14-1-2-17-15(13-14)6-12-21-17;/h2*1-2,6,12-13,16,19H,3-5,7-11H2;1H. The van der Waals surface area contributed by atoms with Crippen LogP contribution in [0.1, 0.15) is 36.8 Å². The molecule has 9 heteroatoms. The SMILES string of the molecule is Cl.OC1CCN(CCOCCc2ccc3sccc3c2)CC1.OC1CCN(CCOCCc2ccc3sccc3c2)CC1. The van der Waals surface area contributed by atoms with Crippen molar-refractivity contribution in [3.8, 4) is 0 Å². The Bertz CT molecular complexity index is 1230. The van der Waals surface area contributed by atoms with Crippen LogP contribution in [0, 0.1) is 0 Å². The zero-order chi connectivity index (χ0) is 29.0. The predicted octanol–water partition coefficient (Wildman–Crippen LogP) is 6.26. The summed E-state index contributed by atoms with van der Waals surface area (Å²) in [5, 5.41) is 25.9. The molecule has 0 spiro atoms. The van der Waals surface area contributed by atoms with Crippen LogP contribution in [0.15, 0.2) is 59.3 Å². The van der Waals surface area contributed by atoms with Gasteiger partial charge in [0.1, 0.15) is 0 Å². The van der Waals surface area contributed by atoms with E-state index in [2.05, 4.69) is 69.1 Å². The summed E-state index contributed by atoms with van der Waals surface area (Å²) in [4.78, 5) is 4.76. The number of nitrogens with zero attached hydrogens (tertiary/aromatic N) is 2. The Kier molecular flexibility index (Phi) is 14.7. The van der Waals surface area contributed by atoms with Gasteiger partial charge in [-0.15, -0.1) is 35.1 Å². The highest BCUT2D eigenvalue weighted by Crippen LogP contribution is 2.23. The number of aliphatic hydroxyl groups excluding tert-OH is 2. The lowest BCUT2D eigenvalue weighted by atomic mass is 10.1. The van der Waals surface area contributed by atoms with Gasteiger partial charge in [0, 0.05) is 48.7 Å². The molecule has 2 fully saturated rings. The van der Waals surface area contributed by atoms with Gasteiger partial charge in [-0.25, -0.2) is 0 Å². The van der Waals surface area contributed by atoms with Gasteiger partial charge in [-0.3, -0.25) is 0 Å². The highest BCUT2D eigenvalue weighted by molar-refractivity contribution is 7.17. The van der Waals surface area contributed by atoms with E-state index >= 15 is 0 Å². The number of aliphatic hydroxyl groups is 2. The van der Waals surface area contributed by atoms with Crippen LogP contribution in [0.3, 0.4) is 0 Å². The smallest absolute Gasteiger partial charge is 0.0593 e. The van der Waals surface area contributed by atoms with Crippen molar-refractivity contribution >= 4 is 55.3 Å². The molecule has 2 saturated heterocycles. The number of likely N-dealkylation sites (tertiary alicyclic amines) is 2. The van der Waals surface area contributed by atoms with Crippen molar-refractivity contribution in [3.63, 3.8) is 0 Å². The largest absolute Gasteiger partial charge is 0.393 e. The summed E-state index contributed by atoms with van der Waals surface area (Å²) in [6, 6.07) is 17.7.